The zero-order valence-corrected chi connectivity index (χ0v) is 19.9. The number of aromatic nitrogens is 1. The second-order valence-corrected chi connectivity index (χ2v) is 11.8. The molecule has 0 radical (unpaired) electrons. The zero-order valence-electron chi connectivity index (χ0n) is 18.3. The lowest BCUT2D eigenvalue weighted by Gasteiger charge is -2.30. The maximum absolute atomic E-state index is 13.2. The van der Waals surface area contributed by atoms with E-state index in [4.69, 9.17) is 4.98 Å². The predicted molar refractivity (Wildman–Crippen MR) is 131 cm³/mol. The second kappa shape index (κ2) is 8.11. The highest BCUT2D eigenvalue weighted by atomic mass is 32.2. The van der Waals surface area contributed by atoms with E-state index >= 15 is 0 Å². The fourth-order valence-electron chi connectivity index (χ4n) is 5.08. The normalized spacial score (nSPS) is 17.0. The van der Waals surface area contributed by atoms with Gasteiger partial charge in [-0.2, -0.15) is 4.31 Å². The standard InChI is InChI=1S/C25H22FN3O3S2/c26-18-6-8-19(9-7-18)34(31,32)29-12-10-16(11-13-29)24(30)28-25-27-23-20-3-1-2-15-4-5-17(22(15)20)14-21(23)33-25/h1-3,6-9,14,16H,4-5,10-13H2,(H,27,28,30). The lowest BCUT2D eigenvalue weighted by Crippen LogP contribution is -2.41. The topological polar surface area (TPSA) is 79.4 Å². The van der Waals surface area contributed by atoms with E-state index in [1.807, 2.05) is 0 Å². The number of nitrogens with zero attached hydrogens (tertiary/aromatic N) is 2. The fourth-order valence-corrected chi connectivity index (χ4v) is 7.50. The van der Waals surface area contributed by atoms with E-state index < -0.39 is 15.8 Å². The highest BCUT2D eigenvalue weighted by Gasteiger charge is 2.32. The summed E-state index contributed by atoms with van der Waals surface area (Å²) in [7, 11) is -3.70. The summed E-state index contributed by atoms with van der Waals surface area (Å²) < 4.78 is 41.2. The number of anilines is 1. The Morgan fingerprint density at radius 1 is 1.06 bits per heavy atom. The molecule has 1 aliphatic carbocycles. The Labute approximate surface area is 200 Å². The van der Waals surface area contributed by atoms with Crippen molar-refractivity contribution in [2.45, 2.75) is 30.6 Å². The van der Waals surface area contributed by atoms with Gasteiger partial charge in [-0.1, -0.05) is 29.5 Å². The van der Waals surface area contributed by atoms with Gasteiger partial charge in [0.25, 0.3) is 0 Å². The summed E-state index contributed by atoms with van der Waals surface area (Å²) in [6, 6.07) is 13.3. The Morgan fingerprint density at radius 3 is 2.56 bits per heavy atom. The van der Waals surface area contributed by atoms with Crippen LogP contribution in [0.2, 0.25) is 0 Å². The summed E-state index contributed by atoms with van der Waals surface area (Å²) in [5.74, 6) is -0.898. The fraction of sp³-hybridized carbons (Fsp3) is 0.280. The molecule has 2 heterocycles. The molecule has 0 unspecified atom stereocenters. The Kier molecular flexibility index (Phi) is 5.16. The first-order valence-corrected chi connectivity index (χ1v) is 13.6. The van der Waals surface area contributed by atoms with Gasteiger partial charge in [-0.3, -0.25) is 4.79 Å². The Morgan fingerprint density at radius 2 is 1.79 bits per heavy atom. The molecule has 1 saturated heterocycles. The van der Waals surface area contributed by atoms with E-state index in [1.54, 1.807) is 0 Å². The molecule has 3 aromatic carbocycles. The third-order valence-electron chi connectivity index (χ3n) is 6.86. The van der Waals surface area contributed by atoms with Gasteiger partial charge < -0.3 is 5.32 Å². The van der Waals surface area contributed by atoms with E-state index in [2.05, 4.69) is 29.6 Å². The van der Waals surface area contributed by atoms with Crippen molar-refractivity contribution >= 4 is 53.4 Å². The third kappa shape index (κ3) is 3.59. The first-order valence-electron chi connectivity index (χ1n) is 11.3. The molecular formula is C25H22FN3O3S2. The van der Waals surface area contributed by atoms with Crippen LogP contribution in [-0.4, -0.2) is 36.7 Å². The van der Waals surface area contributed by atoms with Crippen molar-refractivity contribution < 1.29 is 17.6 Å². The van der Waals surface area contributed by atoms with Gasteiger partial charge in [0, 0.05) is 24.4 Å². The van der Waals surface area contributed by atoms with Crippen LogP contribution in [0.1, 0.15) is 24.0 Å². The molecule has 1 N–H and O–H groups in total. The number of sulfonamides is 1. The van der Waals surface area contributed by atoms with Gasteiger partial charge in [-0.05, 0) is 72.5 Å². The van der Waals surface area contributed by atoms with Crippen molar-refractivity contribution in [1.82, 2.24) is 9.29 Å². The van der Waals surface area contributed by atoms with Crippen molar-refractivity contribution in [3.05, 3.63) is 65.5 Å². The number of hydrogen-bond acceptors (Lipinski definition) is 5. The number of nitrogens with one attached hydrogen (secondary N) is 1. The SMILES string of the molecule is O=C(Nc1nc2c(cc3c4c(cccc42)CC3)s1)C1CCN(S(=O)(=O)c2ccc(F)cc2)CC1. The minimum absolute atomic E-state index is 0.0641. The number of aryl methyl sites for hydroxylation is 2. The van der Waals surface area contributed by atoms with Gasteiger partial charge in [0.2, 0.25) is 15.9 Å². The average molecular weight is 496 g/mol. The van der Waals surface area contributed by atoms with Crippen molar-refractivity contribution in [1.29, 1.82) is 0 Å². The first kappa shape index (κ1) is 21.6. The molecule has 1 fully saturated rings. The maximum Gasteiger partial charge on any atom is 0.243 e. The van der Waals surface area contributed by atoms with Gasteiger partial charge in [-0.15, -0.1) is 0 Å². The van der Waals surface area contributed by atoms with Gasteiger partial charge >= 0.3 is 0 Å². The molecule has 0 spiro atoms. The summed E-state index contributed by atoms with van der Waals surface area (Å²) in [6.45, 7) is 0.489. The van der Waals surface area contributed by atoms with Gasteiger partial charge in [0.1, 0.15) is 5.82 Å². The minimum atomic E-state index is -3.70. The van der Waals surface area contributed by atoms with Gasteiger partial charge in [0.15, 0.2) is 5.13 Å². The largest absolute Gasteiger partial charge is 0.302 e. The number of piperidine rings is 1. The van der Waals surface area contributed by atoms with Crippen LogP contribution in [0.25, 0.3) is 21.0 Å². The monoisotopic (exact) mass is 495 g/mol. The van der Waals surface area contributed by atoms with Crippen molar-refractivity contribution in [3.8, 4) is 0 Å². The van der Waals surface area contributed by atoms with Crippen LogP contribution >= 0.6 is 11.3 Å². The van der Waals surface area contributed by atoms with Crippen molar-refractivity contribution in [3.63, 3.8) is 0 Å². The van der Waals surface area contributed by atoms with E-state index in [9.17, 15) is 17.6 Å². The highest BCUT2D eigenvalue weighted by molar-refractivity contribution is 7.89. The van der Waals surface area contributed by atoms with Crippen LogP contribution in [0.15, 0.2) is 53.4 Å². The van der Waals surface area contributed by atoms with Crippen molar-refractivity contribution in [2.24, 2.45) is 5.92 Å². The van der Waals surface area contributed by atoms with Crippen LogP contribution in [0, 0.1) is 11.7 Å². The van der Waals surface area contributed by atoms with E-state index in [0.29, 0.717) is 18.0 Å². The number of halogens is 1. The van der Waals surface area contributed by atoms with Crippen LogP contribution in [0.5, 0.6) is 0 Å². The summed E-state index contributed by atoms with van der Waals surface area (Å²) in [6.07, 6.45) is 2.94. The number of hydrogen-bond donors (Lipinski definition) is 1. The molecule has 6 nitrogen and oxygen atoms in total. The van der Waals surface area contributed by atoms with Crippen molar-refractivity contribution in [2.75, 3.05) is 18.4 Å². The number of rotatable bonds is 4. The molecule has 6 rings (SSSR count). The molecule has 1 amide bonds. The van der Waals surface area contributed by atoms with E-state index in [1.165, 1.54) is 44.3 Å². The van der Waals surface area contributed by atoms with Gasteiger partial charge in [0.05, 0.1) is 15.1 Å². The molecule has 0 bridgehead atoms. The summed E-state index contributed by atoms with van der Waals surface area (Å²) >= 11 is 1.48. The first-order chi connectivity index (χ1) is 16.4. The van der Waals surface area contributed by atoms with Crippen LogP contribution in [-0.2, 0) is 27.7 Å². The Bertz CT molecular complexity index is 1540. The van der Waals surface area contributed by atoms with E-state index in [-0.39, 0.29) is 29.8 Å². The summed E-state index contributed by atoms with van der Waals surface area (Å²) in [5, 5.41) is 5.98. The molecular weight excluding hydrogens is 473 g/mol. The smallest absolute Gasteiger partial charge is 0.243 e. The quantitative estimate of drug-likeness (QED) is 0.444. The third-order valence-corrected chi connectivity index (χ3v) is 9.69. The van der Waals surface area contributed by atoms with Crippen LogP contribution < -0.4 is 5.32 Å². The van der Waals surface area contributed by atoms with Crippen LogP contribution in [0.4, 0.5) is 9.52 Å². The van der Waals surface area contributed by atoms with Gasteiger partial charge in [-0.25, -0.2) is 17.8 Å². The number of carbonyl (C=O) groups is 1. The molecule has 9 heteroatoms. The molecule has 0 atom stereocenters. The molecule has 0 saturated carbocycles. The number of benzene rings is 3. The predicted octanol–water partition coefficient (Wildman–Crippen LogP) is 4.73. The lowest BCUT2D eigenvalue weighted by molar-refractivity contribution is -0.120. The maximum atomic E-state index is 13.2. The molecule has 4 aromatic rings. The highest BCUT2D eigenvalue weighted by Crippen LogP contribution is 2.39. The number of amides is 1. The molecule has 34 heavy (non-hydrogen) atoms. The number of carbonyl (C=O) groups excluding carboxylic acids is 1. The second-order valence-electron chi connectivity index (χ2n) is 8.86. The van der Waals surface area contributed by atoms with Crippen LogP contribution in [0.3, 0.4) is 0 Å². The summed E-state index contributed by atoms with van der Waals surface area (Å²) in [4.78, 5) is 17.8. The lowest BCUT2D eigenvalue weighted by atomic mass is 9.97. The van der Waals surface area contributed by atoms with E-state index in [0.717, 1.165) is 40.6 Å². The minimum Gasteiger partial charge on any atom is -0.302 e. The number of fused-ring (bicyclic) bond motifs is 2. The Hall–Kier alpha value is -2.88. The molecule has 1 aromatic heterocycles. The molecule has 1 aliphatic heterocycles. The number of thiazole rings is 1. The zero-order chi connectivity index (χ0) is 23.4. The Balaban J connectivity index is 1.17. The molecule has 174 valence electrons. The molecule has 2 aliphatic rings. The average Bonchev–Trinajstić information content (AvgIpc) is 3.44. The summed E-state index contributed by atoms with van der Waals surface area (Å²) in [5.41, 5.74) is 3.62.